The van der Waals surface area contributed by atoms with Gasteiger partial charge in [-0.2, -0.15) is 0 Å². The van der Waals surface area contributed by atoms with Crippen molar-refractivity contribution in [1.29, 1.82) is 0 Å². The van der Waals surface area contributed by atoms with Gasteiger partial charge in [0.25, 0.3) is 0 Å². The number of hydrogen-bond donors (Lipinski definition) is 1. The molecule has 18 heavy (non-hydrogen) atoms. The molecule has 2 rings (SSSR count). The first-order valence-electron chi connectivity index (χ1n) is 5.43. The first kappa shape index (κ1) is 12.6. The fourth-order valence-corrected chi connectivity index (χ4v) is 2.03. The minimum Gasteiger partial charge on any atom is -0.508 e. The summed E-state index contributed by atoms with van der Waals surface area (Å²) < 4.78 is 0.774. The summed E-state index contributed by atoms with van der Waals surface area (Å²) >= 11 is 3.34. The van der Waals surface area contributed by atoms with Crippen molar-refractivity contribution in [3.63, 3.8) is 0 Å². The maximum absolute atomic E-state index is 11.9. The van der Waals surface area contributed by atoms with Crippen LogP contribution in [-0.2, 0) is 0 Å². The van der Waals surface area contributed by atoms with E-state index in [1.54, 1.807) is 30.3 Å². The smallest absolute Gasteiger partial charge is 0.186 e. The number of halogens is 1. The van der Waals surface area contributed by atoms with E-state index in [9.17, 15) is 9.90 Å². The molecule has 2 aromatic rings. The Kier molecular flexibility index (Phi) is 3.95. The van der Waals surface area contributed by atoms with Crippen molar-refractivity contribution in [2.45, 2.75) is 0 Å². The van der Waals surface area contributed by atoms with Crippen molar-refractivity contribution in [2.24, 2.45) is 0 Å². The Morgan fingerprint density at radius 3 is 2.61 bits per heavy atom. The second-order valence-corrected chi connectivity index (χ2v) is 4.63. The van der Waals surface area contributed by atoms with Gasteiger partial charge in [0.05, 0.1) is 0 Å². The van der Waals surface area contributed by atoms with Crippen LogP contribution in [0.25, 0.3) is 6.08 Å². The fraction of sp³-hybridized carbons (Fsp3) is 0. The standard InChI is InChI=1S/C15H11BrO2/c16-14-7-2-1-6-13(14)15(18)9-8-11-4-3-5-12(17)10-11/h1-10,17H/b9-8+. The van der Waals surface area contributed by atoms with Gasteiger partial charge in [-0.3, -0.25) is 4.79 Å². The molecule has 2 nitrogen and oxygen atoms in total. The molecule has 0 aliphatic rings. The summed E-state index contributed by atoms with van der Waals surface area (Å²) in [6.07, 6.45) is 3.18. The topological polar surface area (TPSA) is 37.3 Å². The first-order chi connectivity index (χ1) is 8.66. The van der Waals surface area contributed by atoms with Gasteiger partial charge in [-0.25, -0.2) is 0 Å². The summed E-state index contributed by atoms with van der Waals surface area (Å²) in [6, 6.07) is 14.0. The molecule has 3 heteroatoms. The van der Waals surface area contributed by atoms with Crippen LogP contribution in [0, 0.1) is 0 Å². The lowest BCUT2D eigenvalue weighted by molar-refractivity contribution is 0.104. The maximum atomic E-state index is 11.9. The van der Waals surface area contributed by atoms with E-state index in [1.807, 2.05) is 24.3 Å². The SMILES string of the molecule is O=C(/C=C/c1cccc(O)c1)c1ccccc1Br. The summed E-state index contributed by atoms with van der Waals surface area (Å²) in [5.41, 5.74) is 1.41. The Balaban J connectivity index is 2.20. The van der Waals surface area contributed by atoms with Gasteiger partial charge >= 0.3 is 0 Å². The Morgan fingerprint density at radius 2 is 1.89 bits per heavy atom. The largest absolute Gasteiger partial charge is 0.508 e. The molecule has 0 radical (unpaired) electrons. The average molecular weight is 303 g/mol. The van der Waals surface area contributed by atoms with Gasteiger partial charge in [0.15, 0.2) is 5.78 Å². The highest BCUT2D eigenvalue weighted by Gasteiger charge is 2.05. The van der Waals surface area contributed by atoms with Crippen molar-refractivity contribution in [2.75, 3.05) is 0 Å². The van der Waals surface area contributed by atoms with Gasteiger partial charge in [-0.1, -0.05) is 46.3 Å². The number of carbonyl (C=O) groups excluding carboxylic acids is 1. The molecule has 0 atom stereocenters. The minimum absolute atomic E-state index is 0.0779. The Labute approximate surface area is 114 Å². The second kappa shape index (κ2) is 5.65. The van der Waals surface area contributed by atoms with E-state index in [4.69, 9.17) is 0 Å². The molecule has 0 saturated heterocycles. The van der Waals surface area contributed by atoms with Crippen LogP contribution >= 0.6 is 15.9 Å². The predicted molar refractivity (Wildman–Crippen MR) is 75.6 cm³/mol. The normalized spacial score (nSPS) is 10.7. The van der Waals surface area contributed by atoms with Crippen LogP contribution in [0.15, 0.2) is 59.1 Å². The molecule has 0 spiro atoms. The quantitative estimate of drug-likeness (QED) is 0.686. The molecule has 0 unspecified atom stereocenters. The zero-order valence-corrected chi connectivity index (χ0v) is 11.1. The van der Waals surface area contributed by atoms with Crippen molar-refractivity contribution in [1.82, 2.24) is 0 Å². The fourth-order valence-electron chi connectivity index (χ4n) is 1.55. The van der Waals surface area contributed by atoms with Gasteiger partial charge in [-0.15, -0.1) is 0 Å². The molecule has 0 bridgehead atoms. The lowest BCUT2D eigenvalue weighted by atomic mass is 10.1. The summed E-state index contributed by atoms with van der Waals surface area (Å²) in [5.74, 6) is 0.108. The van der Waals surface area contributed by atoms with Gasteiger partial charge in [-0.05, 0) is 35.9 Å². The van der Waals surface area contributed by atoms with Crippen molar-refractivity contribution < 1.29 is 9.90 Å². The Morgan fingerprint density at radius 1 is 1.11 bits per heavy atom. The highest BCUT2D eigenvalue weighted by Crippen LogP contribution is 2.18. The van der Waals surface area contributed by atoms with Crippen LogP contribution in [0.4, 0.5) is 0 Å². The number of aromatic hydroxyl groups is 1. The molecule has 0 aliphatic carbocycles. The number of hydrogen-bond acceptors (Lipinski definition) is 2. The lowest BCUT2D eigenvalue weighted by Gasteiger charge is -1.99. The van der Waals surface area contributed by atoms with Crippen LogP contribution in [0.1, 0.15) is 15.9 Å². The maximum Gasteiger partial charge on any atom is 0.186 e. The summed E-state index contributed by atoms with van der Waals surface area (Å²) in [7, 11) is 0. The number of benzene rings is 2. The molecular formula is C15H11BrO2. The Bertz CT molecular complexity index is 603. The molecule has 1 N–H and O–H groups in total. The Hall–Kier alpha value is -1.87. The summed E-state index contributed by atoms with van der Waals surface area (Å²) in [5, 5.41) is 9.31. The number of phenolic OH excluding ortho intramolecular Hbond substituents is 1. The monoisotopic (exact) mass is 302 g/mol. The first-order valence-corrected chi connectivity index (χ1v) is 6.22. The molecule has 0 aliphatic heterocycles. The van der Waals surface area contributed by atoms with E-state index in [1.165, 1.54) is 6.08 Å². The average Bonchev–Trinajstić information content (AvgIpc) is 2.37. The molecule has 90 valence electrons. The van der Waals surface area contributed by atoms with E-state index in [0.29, 0.717) is 5.56 Å². The van der Waals surface area contributed by atoms with Gasteiger partial charge in [0, 0.05) is 10.0 Å². The molecule has 0 aromatic heterocycles. The third kappa shape index (κ3) is 3.08. The van der Waals surface area contributed by atoms with Crippen LogP contribution in [-0.4, -0.2) is 10.9 Å². The van der Waals surface area contributed by atoms with Crippen LogP contribution < -0.4 is 0 Å². The molecule has 2 aromatic carbocycles. The van der Waals surface area contributed by atoms with Crippen molar-refractivity contribution in [3.05, 3.63) is 70.2 Å². The van der Waals surface area contributed by atoms with E-state index in [-0.39, 0.29) is 11.5 Å². The van der Waals surface area contributed by atoms with Gasteiger partial charge < -0.3 is 5.11 Å². The highest BCUT2D eigenvalue weighted by atomic mass is 79.9. The third-order valence-electron chi connectivity index (χ3n) is 2.44. The highest BCUT2D eigenvalue weighted by molar-refractivity contribution is 9.10. The lowest BCUT2D eigenvalue weighted by Crippen LogP contribution is -1.94. The van der Waals surface area contributed by atoms with E-state index in [2.05, 4.69) is 15.9 Å². The minimum atomic E-state index is -0.0779. The molecule has 0 amide bonds. The summed E-state index contributed by atoms with van der Waals surface area (Å²) in [6.45, 7) is 0. The molecule has 0 heterocycles. The second-order valence-electron chi connectivity index (χ2n) is 3.77. The molecule has 0 saturated carbocycles. The van der Waals surface area contributed by atoms with Crippen molar-refractivity contribution in [3.8, 4) is 5.75 Å². The zero-order chi connectivity index (χ0) is 13.0. The summed E-state index contributed by atoms with van der Waals surface area (Å²) in [4.78, 5) is 11.9. The van der Waals surface area contributed by atoms with E-state index in [0.717, 1.165) is 10.0 Å². The molecule has 0 fully saturated rings. The number of rotatable bonds is 3. The zero-order valence-electron chi connectivity index (χ0n) is 9.51. The van der Waals surface area contributed by atoms with Crippen LogP contribution in [0.5, 0.6) is 5.75 Å². The van der Waals surface area contributed by atoms with Crippen LogP contribution in [0.2, 0.25) is 0 Å². The molecular weight excluding hydrogens is 292 g/mol. The predicted octanol–water partition coefficient (Wildman–Crippen LogP) is 4.05. The van der Waals surface area contributed by atoms with Gasteiger partial charge in [0.1, 0.15) is 5.75 Å². The van der Waals surface area contributed by atoms with Crippen molar-refractivity contribution >= 4 is 27.8 Å². The van der Waals surface area contributed by atoms with Gasteiger partial charge in [0.2, 0.25) is 0 Å². The number of allylic oxidation sites excluding steroid dienone is 1. The number of phenols is 1. The third-order valence-corrected chi connectivity index (χ3v) is 3.13. The van der Waals surface area contributed by atoms with Crippen LogP contribution in [0.3, 0.4) is 0 Å². The number of ketones is 1. The van der Waals surface area contributed by atoms with E-state index >= 15 is 0 Å². The van der Waals surface area contributed by atoms with E-state index < -0.39 is 0 Å². The number of carbonyl (C=O) groups is 1.